The molecular formula is C23H32N4O10S. The van der Waals surface area contributed by atoms with Crippen LogP contribution in [0.2, 0.25) is 0 Å². The number of carbonyl (C=O) groups excluding carboxylic acids is 3. The summed E-state index contributed by atoms with van der Waals surface area (Å²) in [6, 6.07) is -0.0975. The van der Waals surface area contributed by atoms with Crippen LogP contribution in [0.3, 0.4) is 0 Å². The number of aromatic hydroxyl groups is 1. The minimum atomic E-state index is -1.60. The molecule has 0 saturated carbocycles. The largest absolute Gasteiger partial charge is 0.508 e. The first-order valence-electron chi connectivity index (χ1n) is 11.4. The average Bonchev–Trinajstić information content (AvgIpc) is 2.84. The fraction of sp³-hybridized carbons (Fsp3) is 0.478. The van der Waals surface area contributed by atoms with E-state index in [-0.39, 0.29) is 18.6 Å². The standard InChI is InChI=1S/C23H32N4O10S/c1-38-9-8-14(24)20(33)26-17(11-19(31)32)22(35)27-16(10-12-2-4-13(28)5-3-12)21(34)25-15(23(36)37)6-7-18(29)30/h2-5,14-17,28H,6-11,24H2,1H3,(H,25,34)(H,26,33)(H,27,35)(H,29,30)(H,31,32)(H,36,37). The highest BCUT2D eigenvalue weighted by atomic mass is 32.2. The van der Waals surface area contributed by atoms with Gasteiger partial charge in [-0.3, -0.25) is 24.0 Å². The van der Waals surface area contributed by atoms with E-state index in [0.717, 1.165) is 0 Å². The SMILES string of the molecule is CSCCC(N)C(=O)NC(CC(=O)O)C(=O)NC(Cc1ccc(O)cc1)C(=O)NC(CCC(=O)O)C(=O)O. The van der Waals surface area contributed by atoms with Gasteiger partial charge in [-0.2, -0.15) is 11.8 Å². The predicted molar refractivity (Wildman–Crippen MR) is 135 cm³/mol. The molecular weight excluding hydrogens is 524 g/mol. The minimum absolute atomic E-state index is 0.0690. The van der Waals surface area contributed by atoms with E-state index in [0.29, 0.717) is 11.3 Å². The Morgan fingerprint density at radius 2 is 1.37 bits per heavy atom. The molecule has 9 N–H and O–H groups in total. The van der Waals surface area contributed by atoms with Crippen molar-refractivity contribution in [1.29, 1.82) is 0 Å². The van der Waals surface area contributed by atoms with Gasteiger partial charge < -0.3 is 42.1 Å². The number of nitrogens with two attached hydrogens (primary N) is 1. The van der Waals surface area contributed by atoms with E-state index in [1.807, 2.05) is 0 Å². The third kappa shape index (κ3) is 11.9. The van der Waals surface area contributed by atoms with Crippen molar-refractivity contribution in [1.82, 2.24) is 16.0 Å². The van der Waals surface area contributed by atoms with E-state index in [1.54, 1.807) is 6.26 Å². The van der Waals surface area contributed by atoms with E-state index < -0.39 is 79.1 Å². The van der Waals surface area contributed by atoms with Crippen LogP contribution < -0.4 is 21.7 Å². The summed E-state index contributed by atoms with van der Waals surface area (Å²) in [7, 11) is 0. The highest BCUT2D eigenvalue weighted by Crippen LogP contribution is 2.12. The van der Waals surface area contributed by atoms with Gasteiger partial charge in [-0.05, 0) is 42.5 Å². The Labute approximate surface area is 222 Å². The predicted octanol–water partition coefficient (Wildman–Crippen LogP) is -1.11. The summed E-state index contributed by atoms with van der Waals surface area (Å²) in [5.41, 5.74) is 6.24. The van der Waals surface area contributed by atoms with E-state index in [9.17, 15) is 44.1 Å². The van der Waals surface area contributed by atoms with Gasteiger partial charge in [-0.1, -0.05) is 12.1 Å². The maximum absolute atomic E-state index is 13.0. The summed E-state index contributed by atoms with van der Waals surface area (Å²) in [6.07, 6.45) is 0.0763. The number of hydrogen-bond acceptors (Lipinski definition) is 9. The first kappa shape index (κ1) is 32.2. The Hall–Kier alpha value is -3.85. The minimum Gasteiger partial charge on any atom is -0.508 e. The van der Waals surface area contributed by atoms with Crippen molar-refractivity contribution in [3.63, 3.8) is 0 Å². The molecule has 0 fully saturated rings. The summed E-state index contributed by atoms with van der Waals surface area (Å²) in [5, 5.41) is 43.7. The molecule has 0 spiro atoms. The topological polar surface area (TPSA) is 245 Å². The van der Waals surface area contributed by atoms with Crippen molar-refractivity contribution in [2.45, 2.75) is 56.3 Å². The quantitative estimate of drug-likeness (QED) is 0.114. The molecule has 4 atom stereocenters. The number of phenols is 1. The van der Waals surface area contributed by atoms with E-state index in [1.165, 1.54) is 36.0 Å². The lowest BCUT2D eigenvalue weighted by molar-refractivity contribution is -0.144. The number of amides is 3. The molecule has 1 aromatic rings. The number of hydrogen-bond donors (Lipinski definition) is 8. The zero-order valence-corrected chi connectivity index (χ0v) is 21.4. The molecule has 4 unspecified atom stereocenters. The van der Waals surface area contributed by atoms with Crippen molar-refractivity contribution in [2.24, 2.45) is 5.73 Å². The molecule has 1 rings (SSSR count). The summed E-state index contributed by atoms with van der Waals surface area (Å²) < 4.78 is 0. The lowest BCUT2D eigenvalue weighted by atomic mass is 10.0. The average molecular weight is 557 g/mol. The monoisotopic (exact) mass is 556 g/mol. The molecule has 0 aliphatic heterocycles. The number of benzene rings is 1. The molecule has 0 saturated heterocycles. The highest BCUT2D eigenvalue weighted by molar-refractivity contribution is 7.98. The summed E-state index contributed by atoms with van der Waals surface area (Å²) >= 11 is 1.44. The molecule has 0 bridgehead atoms. The van der Waals surface area contributed by atoms with E-state index >= 15 is 0 Å². The van der Waals surface area contributed by atoms with E-state index in [4.69, 9.17) is 10.8 Å². The fourth-order valence-corrected chi connectivity index (χ4v) is 3.68. The third-order valence-corrected chi connectivity index (χ3v) is 5.90. The van der Waals surface area contributed by atoms with Crippen LogP contribution >= 0.6 is 11.8 Å². The second-order valence-electron chi connectivity index (χ2n) is 8.31. The van der Waals surface area contributed by atoms with E-state index in [2.05, 4.69) is 16.0 Å². The van der Waals surface area contributed by atoms with Gasteiger partial charge >= 0.3 is 17.9 Å². The Morgan fingerprint density at radius 1 is 0.816 bits per heavy atom. The number of aliphatic carboxylic acids is 3. The Kier molecular flexibility index (Phi) is 13.6. The van der Waals surface area contributed by atoms with Crippen LogP contribution in [-0.4, -0.2) is 92.2 Å². The molecule has 14 nitrogen and oxygen atoms in total. The van der Waals surface area contributed by atoms with Crippen molar-refractivity contribution < 1.29 is 49.2 Å². The number of nitrogens with one attached hydrogen (secondary N) is 3. The summed E-state index contributed by atoms with van der Waals surface area (Å²) in [6.45, 7) is 0. The highest BCUT2D eigenvalue weighted by Gasteiger charge is 2.31. The van der Waals surface area contributed by atoms with Crippen molar-refractivity contribution in [3.05, 3.63) is 29.8 Å². The molecule has 1 aromatic carbocycles. The molecule has 210 valence electrons. The van der Waals surface area contributed by atoms with Gasteiger partial charge in [0.1, 0.15) is 23.9 Å². The van der Waals surface area contributed by atoms with Crippen molar-refractivity contribution in [3.8, 4) is 5.75 Å². The molecule has 0 radical (unpaired) electrons. The molecule has 0 aliphatic carbocycles. The number of carboxylic acids is 3. The maximum atomic E-state index is 13.0. The van der Waals surface area contributed by atoms with Crippen LogP contribution in [0.15, 0.2) is 24.3 Å². The molecule has 0 heterocycles. The number of thioether (sulfide) groups is 1. The number of phenolic OH excluding ortho intramolecular Hbond substituents is 1. The van der Waals surface area contributed by atoms with Crippen LogP contribution in [0.5, 0.6) is 5.75 Å². The molecule has 0 aliphatic rings. The third-order valence-electron chi connectivity index (χ3n) is 5.25. The lowest BCUT2D eigenvalue weighted by Crippen LogP contribution is -2.58. The van der Waals surface area contributed by atoms with Crippen LogP contribution in [-0.2, 0) is 35.2 Å². The Balaban J connectivity index is 3.15. The fourth-order valence-electron chi connectivity index (χ4n) is 3.19. The van der Waals surface area contributed by atoms with Gasteiger partial charge in [0.2, 0.25) is 17.7 Å². The normalized spacial score (nSPS) is 13.8. The molecule has 0 aromatic heterocycles. The maximum Gasteiger partial charge on any atom is 0.326 e. The van der Waals surface area contributed by atoms with Crippen molar-refractivity contribution in [2.75, 3.05) is 12.0 Å². The zero-order chi connectivity index (χ0) is 28.8. The second kappa shape index (κ2) is 16.1. The zero-order valence-electron chi connectivity index (χ0n) is 20.6. The molecule has 3 amide bonds. The summed E-state index contributed by atoms with van der Waals surface area (Å²) in [5.74, 6) is -6.49. The van der Waals surface area contributed by atoms with Gasteiger partial charge in [-0.15, -0.1) is 0 Å². The van der Waals surface area contributed by atoms with Gasteiger partial charge in [0.25, 0.3) is 0 Å². The Morgan fingerprint density at radius 3 is 1.89 bits per heavy atom. The second-order valence-corrected chi connectivity index (χ2v) is 9.30. The van der Waals surface area contributed by atoms with Crippen LogP contribution in [0.1, 0.15) is 31.2 Å². The number of rotatable bonds is 17. The van der Waals surface area contributed by atoms with Gasteiger partial charge in [0, 0.05) is 12.8 Å². The Bertz CT molecular complexity index is 1000. The first-order valence-corrected chi connectivity index (χ1v) is 12.8. The molecule has 38 heavy (non-hydrogen) atoms. The lowest BCUT2D eigenvalue weighted by Gasteiger charge is -2.25. The van der Waals surface area contributed by atoms with Gasteiger partial charge in [0.05, 0.1) is 12.5 Å². The first-order chi connectivity index (χ1) is 17.8. The van der Waals surface area contributed by atoms with Crippen LogP contribution in [0.4, 0.5) is 0 Å². The van der Waals surface area contributed by atoms with Gasteiger partial charge in [0.15, 0.2) is 0 Å². The number of carboxylic acid groups (broad SMARTS) is 3. The van der Waals surface area contributed by atoms with Crippen LogP contribution in [0, 0.1) is 0 Å². The van der Waals surface area contributed by atoms with Crippen molar-refractivity contribution >= 4 is 47.4 Å². The number of carbonyl (C=O) groups is 6. The smallest absolute Gasteiger partial charge is 0.326 e. The van der Waals surface area contributed by atoms with Gasteiger partial charge in [-0.25, -0.2) is 4.79 Å². The van der Waals surface area contributed by atoms with Crippen LogP contribution in [0.25, 0.3) is 0 Å². The molecule has 15 heteroatoms. The summed E-state index contributed by atoms with van der Waals surface area (Å²) in [4.78, 5) is 72.1.